The number of hydrogen-bond acceptors (Lipinski definition) is 4. The molecule has 1 fully saturated rings. The van der Waals surface area contributed by atoms with Gasteiger partial charge in [0.15, 0.2) is 0 Å². The van der Waals surface area contributed by atoms with Gasteiger partial charge in [-0.2, -0.15) is 0 Å². The van der Waals surface area contributed by atoms with Gasteiger partial charge in [-0.3, -0.25) is 0 Å². The summed E-state index contributed by atoms with van der Waals surface area (Å²) < 4.78 is 7.50. The molecule has 0 aromatic carbocycles. The number of nitrogens with one attached hydrogen (secondary N) is 1. The second kappa shape index (κ2) is 4.94. The van der Waals surface area contributed by atoms with Gasteiger partial charge in [0.25, 0.3) is 0 Å². The number of hydrogen-bond donors (Lipinski definition) is 1. The van der Waals surface area contributed by atoms with Crippen LogP contribution in [0, 0.1) is 0 Å². The van der Waals surface area contributed by atoms with Crippen molar-refractivity contribution in [1.29, 1.82) is 0 Å². The summed E-state index contributed by atoms with van der Waals surface area (Å²) in [5.41, 5.74) is 2.14. The molecule has 0 atom stereocenters. The summed E-state index contributed by atoms with van der Waals surface area (Å²) in [4.78, 5) is 0. The SMILES string of the molecule is CCCn1nncc1-c1ccoc1CNC1CC1. The number of aryl methyl sites for hydroxylation is 1. The minimum atomic E-state index is 0.682. The molecule has 0 bridgehead atoms. The molecule has 2 heterocycles. The fourth-order valence-corrected chi connectivity index (χ4v) is 2.07. The van der Waals surface area contributed by atoms with Crippen LogP contribution in [0.3, 0.4) is 0 Å². The Hall–Kier alpha value is -1.62. The zero-order chi connectivity index (χ0) is 12.4. The Balaban J connectivity index is 1.81. The molecule has 1 N–H and O–H groups in total. The minimum absolute atomic E-state index is 0.682. The van der Waals surface area contributed by atoms with E-state index >= 15 is 0 Å². The molecular formula is C13H18N4O. The van der Waals surface area contributed by atoms with Gasteiger partial charge in [0.1, 0.15) is 5.76 Å². The highest BCUT2D eigenvalue weighted by Gasteiger charge is 2.22. The molecule has 1 aliphatic rings. The van der Waals surface area contributed by atoms with Crippen LogP contribution in [0.1, 0.15) is 31.9 Å². The highest BCUT2D eigenvalue weighted by molar-refractivity contribution is 5.60. The molecule has 0 saturated heterocycles. The zero-order valence-corrected chi connectivity index (χ0v) is 10.6. The van der Waals surface area contributed by atoms with E-state index in [-0.39, 0.29) is 0 Å². The van der Waals surface area contributed by atoms with Crippen molar-refractivity contribution in [1.82, 2.24) is 20.3 Å². The van der Waals surface area contributed by atoms with Crippen LogP contribution in [0.5, 0.6) is 0 Å². The van der Waals surface area contributed by atoms with Crippen molar-refractivity contribution in [2.45, 2.75) is 45.3 Å². The summed E-state index contributed by atoms with van der Waals surface area (Å²) in [7, 11) is 0. The molecule has 0 spiro atoms. The summed E-state index contributed by atoms with van der Waals surface area (Å²) in [6.45, 7) is 3.80. The van der Waals surface area contributed by atoms with Crippen molar-refractivity contribution >= 4 is 0 Å². The molecule has 2 aromatic heterocycles. The van der Waals surface area contributed by atoms with E-state index in [0.29, 0.717) is 6.04 Å². The molecule has 0 radical (unpaired) electrons. The topological polar surface area (TPSA) is 55.9 Å². The molecule has 96 valence electrons. The lowest BCUT2D eigenvalue weighted by molar-refractivity contribution is 0.482. The standard InChI is InChI=1S/C13H18N4O/c1-2-6-17-12(8-15-16-17)11-5-7-18-13(11)9-14-10-3-4-10/h5,7-8,10,14H,2-4,6,9H2,1H3. The average molecular weight is 246 g/mol. The molecule has 0 amide bonds. The van der Waals surface area contributed by atoms with Crippen molar-refractivity contribution in [2.75, 3.05) is 0 Å². The third kappa shape index (κ3) is 2.31. The fraction of sp³-hybridized carbons (Fsp3) is 0.538. The van der Waals surface area contributed by atoms with Crippen LogP contribution in [-0.2, 0) is 13.1 Å². The van der Waals surface area contributed by atoms with Gasteiger partial charge in [-0.1, -0.05) is 12.1 Å². The Labute approximate surface area is 106 Å². The van der Waals surface area contributed by atoms with Crippen LogP contribution in [0.15, 0.2) is 22.9 Å². The Morgan fingerprint density at radius 3 is 3.17 bits per heavy atom. The van der Waals surface area contributed by atoms with Crippen molar-refractivity contribution in [2.24, 2.45) is 0 Å². The zero-order valence-electron chi connectivity index (χ0n) is 10.6. The van der Waals surface area contributed by atoms with Crippen LogP contribution >= 0.6 is 0 Å². The maximum Gasteiger partial charge on any atom is 0.126 e. The van der Waals surface area contributed by atoms with Gasteiger partial charge in [-0.25, -0.2) is 4.68 Å². The van der Waals surface area contributed by atoms with E-state index in [0.717, 1.165) is 36.5 Å². The highest BCUT2D eigenvalue weighted by atomic mass is 16.3. The normalized spacial score (nSPS) is 15.2. The lowest BCUT2D eigenvalue weighted by atomic mass is 10.2. The van der Waals surface area contributed by atoms with Gasteiger partial charge < -0.3 is 9.73 Å². The third-order valence-electron chi connectivity index (χ3n) is 3.20. The molecule has 0 unspecified atom stereocenters. The summed E-state index contributed by atoms with van der Waals surface area (Å²) in [5.74, 6) is 0.974. The predicted octanol–water partition coefficient (Wildman–Crippen LogP) is 2.20. The highest BCUT2D eigenvalue weighted by Crippen LogP contribution is 2.26. The molecule has 2 aromatic rings. The van der Waals surface area contributed by atoms with Gasteiger partial charge in [-0.05, 0) is 25.3 Å². The average Bonchev–Trinajstić information content (AvgIpc) is 2.90. The van der Waals surface area contributed by atoms with E-state index in [9.17, 15) is 0 Å². The minimum Gasteiger partial charge on any atom is -0.467 e. The largest absolute Gasteiger partial charge is 0.467 e. The van der Waals surface area contributed by atoms with Gasteiger partial charge in [0.2, 0.25) is 0 Å². The lowest BCUT2D eigenvalue weighted by Gasteiger charge is -2.05. The molecule has 5 nitrogen and oxygen atoms in total. The van der Waals surface area contributed by atoms with E-state index in [1.165, 1.54) is 12.8 Å². The fourth-order valence-electron chi connectivity index (χ4n) is 2.07. The summed E-state index contributed by atoms with van der Waals surface area (Å²) in [5, 5.41) is 11.6. The number of rotatable bonds is 6. The monoisotopic (exact) mass is 246 g/mol. The van der Waals surface area contributed by atoms with Crippen LogP contribution < -0.4 is 5.32 Å². The van der Waals surface area contributed by atoms with Crippen LogP contribution in [0.25, 0.3) is 11.3 Å². The van der Waals surface area contributed by atoms with E-state index in [4.69, 9.17) is 4.42 Å². The van der Waals surface area contributed by atoms with E-state index in [1.807, 2.05) is 10.7 Å². The second-order valence-electron chi connectivity index (χ2n) is 4.76. The van der Waals surface area contributed by atoms with Crippen LogP contribution in [0.4, 0.5) is 0 Å². The molecule has 18 heavy (non-hydrogen) atoms. The summed E-state index contributed by atoms with van der Waals surface area (Å²) in [6, 6.07) is 2.68. The Morgan fingerprint density at radius 1 is 1.50 bits per heavy atom. The molecule has 3 rings (SSSR count). The quantitative estimate of drug-likeness (QED) is 0.849. The Bertz CT molecular complexity index is 513. The smallest absolute Gasteiger partial charge is 0.126 e. The Kier molecular flexibility index (Phi) is 3.15. The van der Waals surface area contributed by atoms with E-state index in [1.54, 1.807) is 12.5 Å². The Morgan fingerprint density at radius 2 is 2.39 bits per heavy atom. The molecular weight excluding hydrogens is 228 g/mol. The number of aromatic nitrogens is 3. The first-order chi connectivity index (χ1) is 8.88. The van der Waals surface area contributed by atoms with Crippen molar-refractivity contribution in [3.05, 3.63) is 24.3 Å². The van der Waals surface area contributed by atoms with Gasteiger partial charge in [0.05, 0.1) is 24.7 Å². The summed E-state index contributed by atoms with van der Waals surface area (Å²) >= 11 is 0. The van der Waals surface area contributed by atoms with Gasteiger partial charge >= 0.3 is 0 Å². The van der Waals surface area contributed by atoms with E-state index in [2.05, 4.69) is 22.6 Å². The van der Waals surface area contributed by atoms with Crippen LogP contribution in [-0.4, -0.2) is 21.0 Å². The second-order valence-corrected chi connectivity index (χ2v) is 4.76. The summed E-state index contributed by atoms with van der Waals surface area (Å²) in [6.07, 6.45) is 7.16. The molecule has 1 aliphatic carbocycles. The first-order valence-electron chi connectivity index (χ1n) is 6.57. The van der Waals surface area contributed by atoms with Crippen molar-refractivity contribution in [3.63, 3.8) is 0 Å². The molecule has 1 saturated carbocycles. The van der Waals surface area contributed by atoms with Gasteiger partial charge in [-0.15, -0.1) is 5.10 Å². The first kappa shape index (κ1) is 11.5. The maximum absolute atomic E-state index is 5.57. The predicted molar refractivity (Wildman–Crippen MR) is 67.9 cm³/mol. The van der Waals surface area contributed by atoms with Crippen molar-refractivity contribution < 1.29 is 4.42 Å². The number of nitrogens with zero attached hydrogens (tertiary/aromatic N) is 3. The maximum atomic E-state index is 5.57. The van der Waals surface area contributed by atoms with Gasteiger partial charge in [0, 0.05) is 18.2 Å². The molecule has 5 heteroatoms. The van der Waals surface area contributed by atoms with Crippen molar-refractivity contribution in [3.8, 4) is 11.3 Å². The van der Waals surface area contributed by atoms with Crippen LogP contribution in [0.2, 0.25) is 0 Å². The lowest BCUT2D eigenvalue weighted by Crippen LogP contribution is -2.15. The number of furan rings is 1. The first-order valence-corrected chi connectivity index (χ1v) is 6.57. The third-order valence-corrected chi connectivity index (χ3v) is 3.20. The van der Waals surface area contributed by atoms with E-state index < -0.39 is 0 Å². The molecule has 0 aliphatic heterocycles.